The van der Waals surface area contributed by atoms with Crippen LogP contribution in [0.4, 0.5) is 4.79 Å². The predicted octanol–water partition coefficient (Wildman–Crippen LogP) is 0.0118. The number of carbonyl (C=O) groups is 1. The molecule has 10 heavy (non-hydrogen) atoms. The highest BCUT2D eigenvalue weighted by atomic mass is 31.2. The van der Waals surface area contributed by atoms with Crippen molar-refractivity contribution in [2.75, 3.05) is 6.54 Å². The number of amides is 1. The molecule has 0 fully saturated rings. The van der Waals surface area contributed by atoms with E-state index in [4.69, 9.17) is 16.1 Å². The maximum Gasteiger partial charge on any atom is 0.414 e. The third kappa shape index (κ3) is 2.34. The first kappa shape index (κ1) is 9.42. The van der Waals surface area contributed by atoms with Crippen LogP contribution < -0.4 is 11.0 Å². The summed E-state index contributed by atoms with van der Waals surface area (Å²) in [5.41, 5.74) is 9.74. The molecule has 5 N–H and O–H groups in total. The van der Waals surface area contributed by atoms with Gasteiger partial charge in [-0.05, 0) is 6.92 Å². The molecule has 0 bridgehead atoms. The molecule has 0 aliphatic rings. The number of carboxylic acid groups (broad SMARTS) is 1. The van der Waals surface area contributed by atoms with Crippen molar-refractivity contribution in [3.05, 3.63) is 0 Å². The summed E-state index contributed by atoms with van der Waals surface area (Å²) in [6, 6.07) is 0. The van der Waals surface area contributed by atoms with Gasteiger partial charge in [-0.3, -0.25) is 15.6 Å². The summed E-state index contributed by atoms with van der Waals surface area (Å²) in [5, 5.41) is 8.30. The van der Waals surface area contributed by atoms with Crippen molar-refractivity contribution < 1.29 is 14.5 Å². The second-order valence-electron chi connectivity index (χ2n) is 1.67. The van der Waals surface area contributed by atoms with Gasteiger partial charge in [-0.2, -0.15) is 0 Å². The molecule has 0 aliphatic carbocycles. The van der Waals surface area contributed by atoms with Gasteiger partial charge in [-0.1, -0.05) is 0 Å². The van der Waals surface area contributed by atoms with Gasteiger partial charge < -0.3 is 5.11 Å². The summed E-state index contributed by atoms with van der Waals surface area (Å²) < 4.78 is 11.2. The molecule has 6 nitrogen and oxygen atoms in total. The molecule has 0 atom stereocenters. The van der Waals surface area contributed by atoms with Crippen LogP contribution in [0.5, 0.6) is 0 Å². The van der Waals surface area contributed by atoms with Gasteiger partial charge >= 0.3 is 13.7 Å². The third-order valence-corrected chi connectivity index (χ3v) is 2.11. The van der Waals surface area contributed by atoms with E-state index in [9.17, 15) is 9.36 Å². The number of rotatable bonds is 2. The molecule has 0 radical (unpaired) electrons. The normalized spacial score (nSPS) is 11.1. The van der Waals surface area contributed by atoms with E-state index in [2.05, 4.69) is 0 Å². The van der Waals surface area contributed by atoms with Gasteiger partial charge in [0.15, 0.2) is 0 Å². The van der Waals surface area contributed by atoms with Crippen LogP contribution in [0.1, 0.15) is 6.92 Å². The van der Waals surface area contributed by atoms with Crippen molar-refractivity contribution in [2.24, 2.45) is 11.0 Å². The first-order chi connectivity index (χ1) is 4.39. The highest BCUT2D eigenvalue weighted by Crippen LogP contribution is 2.30. The largest absolute Gasteiger partial charge is 0.465 e. The molecule has 0 aromatic heterocycles. The van der Waals surface area contributed by atoms with Crippen LogP contribution in [-0.2, 0) is 4.57 Å². The van der Waals surface area contributed by atoms with E-state index in [0.717, 1.165) is 0 Å². The van der Waals surface area contributed by atoms with Gasteiger partial charge in [0.05, 0.1) is 0 Å². The van der Waals surface area contributed by atoms with Crippen molar-refractivity contribution >= 4 is 13.7 Å². The number of nitrogens with zero attached hydrogens (tertiary/aromatic N) is 1. The average Bonchev–Trinajstić information content (AvgIpc) is 1.60. The molecule has 0 aliphatic heterocycles. The minimum atomic E-state index is -3.60. The number of hydrogen-bond acceptors (Lipinski definition) is 2. The zero-order valence-corrected chi connectivity index (χ0v) is 6.41. The molecule has 0 heterocycles. The minimum Gasteiger partial charge on any atom is -0.465 e. The van der Waals surface area contributed by atoms with E-state index in [-0.39, 0.29) is 6.54 Å². The first-order valence-electron chi connectivity index (χ1n) is 2.57. The SMILES string of the molecule is CCN(C(=O)O)P(N)(N)=O. The first-order valence-corrected chi connectivity index (χ1v) is 4.37. The Morgan fingerprint density at radius 1 is 1.70 bits per heavy atom. The lowest BCUT2D eigenvalue weighted by molar-refractivity contribution is 0.173. The van der Waals surface area contributed by atoms with Crippen LogP contribution in [-0.4, -0.2) is 22.4 Å². The summed E-state index contributed by atoms with van der Waals surface area (Å²) in [6.07, 6.45) is -1.36. The maximum atomic E-state index is 10.7. The second kappa shape index (κ2) is 3.01. The molecular formula is C3H10N3O3P. The van der Waals surface area contributed by atoms with E-state index in [1.54, 1.807) is 0 Å². The van der Waals surface area contributed by atoms with Crippen molar-refractivity contribution in [1.29, 1.82) is 0 Å². The fourth-order valence-electron chi connectivity index (χ4n) is 0.490. The molecule has 60 valence electrons. The molecule has 0 unspecified atom stereocenters. The Kier molecular flexibility index (Phi) is 2.83. The van der Waals surface area contributed by atoms with Crippen molar-refractivity contribution in [2.45, 2.75) is 6.92 Å². The molecule has 0 rings (SSSR count). The Balaban J connectivity index is 4.38. The van der Waals surface area contributed by atoms with Crippen LogP contribution in [0.3, 0.4) is 0 Å². The molecule has 7 heteroatoms. The van der Waals surface area contributed by atoms with E-state index in [1.807, 2.05) is 0 Å². The Bertz CT molecular complexity index is 176. The minimum absolute atomic E-state index is 0.0274. The van der Waals surface area contributed by atoms with Gasteiger partial charge in [0.1, 0.15) is 0 Å². The van der Waals surface area contributed by atoms with E-state index in [0.29, 0.717) is 4.67 Å². The Hall–Kier alpha value is -0.580. The molecule has 0 saturated carbocycles. The Labute approximate surface area is 58.3 Å². The number of hydrogen-bond donors (Lipinski definition) is 3. The summed E-state index contributed by atoms with van der Waals surface area (Å²) >= 11 is 0. The third-order valence-electron chi connectivity index (χ3n) is 0.898. The molecule has 0 saturated heterocycles. The topological polar surface area (TPSA) is 110 Å². The quantitative estimate of drug-likeness (QED) is 0.502. The molecule has 0 aromatic rings. The molecular weight excluding hydrogens is 157 g/mol. The van der Waals surface area contributed by atoms with Crippen LogP contribution in [0, 0.1) is 0 Å². The summed E-state index contributed by atoms with van der Waals surface area (Å²) in [7, 11) is -3.60. The fraction of sp³-hybridized carbons (Fsp3) is 0.667. The summed E-state index contributed by atoms with van der Waals surface area (Å²) in [5.74, 6) is 0. The lowest BCUT2D eigenvalue weighted by Gasteiger charge is -2.19. The maximum absolute atomic E-state index is 10.7. The fourth-order valence-corrected chi connectivity index (χ4v) is 1.20. The van der Waals surface area contributed by atoms with Crippen LogP contribution in [0.25, 0.3) is 0 Å². The van der Waals surface area contributed by atoms with E-state index < -0.39 is 13.7 Å². The summed E-state index contributed by atoms with van der Waals surface area (Å²) in [6.45, 7) is 1.53. The Morgan fingerprint density at radius 3 is 2.10 bits per heavy atom. The van der Waals surface area contributed by atoms with Gasteiger partial charge in [0, 0.05) is 6.54 Å². The second-order valence-corrected chi connectivity index (χ2v) is 3.50. The van der Waals surface area contributed by atoms with Gasteiger partial charge in [0.25, 0.3) is 0 Å². The van der Waals surface area contributed by atoms with E-state index in [1.165, 1.54) is 6.92 Å². The van der Waals surface area contributed by atoms with Crippen molar-refractivity contribution in [1.82, 2.24) is 4.67 Å². The highest BCUT2D eigenvalue weighted by molar-refractivity contribution is 7.57. The summed E-state index contributed by atoms with van der Waals surface area (Å²) in [4.78, 5) is 10.2. The smallest absolute Gasteiger partial charge is 0.414 e. The zero-order valence-electron chi connectivity index (χ0n) is 5.52. The van der Waals surface area contributed by atoms with Crippen molar-refractivity contribution in [3.8, 4) is 0 Å². The van der Waals surface area contributed by atoms with Crippen LogP contribution in [0.15, 0.2) is 0 Å². The zero-order chi connectivity index (χ0) is 8.36. The molecule has 0 aromatic carbocycles. The van der Waals surface area contributed by atoms with Crippen LogP contribution >= 0.6 is 7.59 Å². The molecule has 0 spiro atoms. The number of nitrogens with two attached hydrogens (primary N) is 2. The standard InChI is InChI=1S/C3H10N3O3P/c1-2-6(3(7)8)10(4,5)9/h2H2,1H3,(H,7,8)(H4,4,5,9). The van der Waals surface area contributed by atoms with Gasteiger partial charge in [0.2, 0.25) is 0 Å². The van der Waals surface area contributed by atoms with E-state index >= 15 is 0 Å². The Morgan fingerprint density at radius 2 is 2.10 bits per heavy atom. The lowest BCUT2D eigenvalue weighted by Crippen LogP contribution is -2.32. The lowest BCUT2D eigenvalue weighted by atomic mass is 10.8. The predicted molar refractivity (Wildman–Crippen MR) is 36.4 cm³/mol. The van der Waals surface area contributed by atoms with Crippen LogP contribution in [0.2, 0.25) is 0 Å². The van der Waals surface area contributed by atoms with Gasteiger partial charge in [-0.25, -0.2) is 9.46 Å². The average molecular weight is 167 g/mol. The van der Waals surface area contributed by atoms with Crippen molar-refractivity contribution in [3.63, 3.8) is 0 Å². The monoisotopic (exact) mass is 167 g/mol. The molecule has 1 amide bonds. The highest BCUT2D eigenvalue weighted by Gasteiger charge is 2.23. The van der Waals surface area contributed by atoms with Gasteiger partial charge in [-0.15, -0.1) is 0 Å².